The Bertz CT molecular complexity index is 919. The van der Waals surface area contributed by atoms with Gasteiger partial charge in [0.2, 0.25) is 5.91 Å². The molecule has 0 saturated carbocycles. The van der Waals surface area contributed by atoms with Crippen molar-refractivity contribution < 1.29 is 14.1 Å². The van der Waals surface area contributed by atoms with Crippen LogP contribution < -0.4 is 16.0 Å². The SMILES string of the molecule is Cc1cc(NC(=O)CCNC(=O)Nc2cn3cc(Br)ccc3n2)no1. The zero-order valence-electron chi connectivity index (χ0n) is 13.2. The highest BCUT2D eigenvalue weighted by Crippen LogP contribution is 2.14. The molecule has 3 heterocycles. The fourth-order valence-corrected chi connectivity index (χ4v) is 2.46. The van der Waals surface area contributed by atoms with E-state index < -0.39 is 6.03 Å². The van der Waals surface area contributed by atoms with E-state index in [9.17, 15) is 9.59 Å². The average Bonchev–Trinajstić information content (AvgIpc) is 3.12. The van der Waals surface area contributed by atoms with Crippen molar-refractivity contribution >= 4 is 45.2 Å². The quantitative estimate of drug-likeness (QED) is 0.602. The third-order valence-corrected chi connectivity index (χ3v) is 3.66. The van der Waals surface area contributed by atoms with Gasteiger partial charge in [-0.2, -0.15) is 0 Å². The van der Waals surface area contributed by atoms with Crippen LogP contribution in [0.5, 0.6) is 0 Å². The molecular formula is C15H15BrN6O3. The lowest BCUT2D eigenvalue weighted by molar-refractivity contribution is -0.116. The number of carbonyl (C=O) groups is 2. The van der Waals surface area contributed by atoms with Gasteiger partial charge in [0.05, 0.1) is 6.20 Å². The first-order chi connectivity index (χ1) is 12.0. The van der Waals surface area contributed by atoms with Gasteiger partial charge in [0.15, 0.2) is 11.6 Å². The predicted molar refractivity (Wildman–Crippen MR) is 94.4 cm³/mol. The topological polar surface area (TPSA) is 114 Å². The highest BCUT2D eigenvalue weighted by molar-refractivity contribution is 9.10. The van der Waals surface area contributed by atoms with Crippen LogP contribution in [0.3, 0.4) is 0 Å². The van der Waals surface area contributed by atoms with Crippen LogP contribution in [0, 0.1) is 6.92 Å². The molecule has 3 aromatic heterocycles. The Morgan fingerprint density at radius 2 is 2.08 bits per heavy atom. The van der Waals surface area contributed by atoms with Gasteiger partial charge in [-0.1, -0.05) is 5.16 Å². The van der Waals surface area contributed by atoms with Crippen LogP contribution in [0.25, 0.3) is 5.65 Å². The second-order valence-electron chi connectivity index (χ2n) is 5.24. The molecule has 130 valence electrons. The van der Waals surface area contributed by atoms with Gasteiger partial charge in [0, 0.05) is 29.7 Å². The Hall–Kier alpha value is -2.88. The number of halogens is 1. The fraction of sp³-hybridized carbons (Fsp3) is 0.200. The van der Waals surface area contributed by atoms with Crippen LogP contribution in [-0.4, -0.2) is 33.0 Å². The Morgan fingerprint density at radius 1 is 1.24 bits per heavy atom. The number of imidazole rings is 1. The summed E-state index contributed by atoms with van der Waals surface area (Å²) in [7, 11) is 0. The number of hydrogen-bond donors (Lipinski definition) is 3. The third kappa shape index (κ3) is 4.57. The Kier molecular flexibility index (Phi) is 4.98. The summed E-state index contributed by atoms with van der Waals surface area (Å²) < 4.78 is 7.54. The predicted octanol–water partition coefficient (Wildman–Crippen LogP) is 2.54. The molecule has 0 bridgehead atoms. The van der Waals surface area contributed by atoms with Crippen molar-refractivity contribution in [1.82, 2.24) is 19.9 Å². The summed E-state index contributed by atoms with van der Waals surface area (Å²) in [6.07, 6.45) is 3.64. The van der Waals surface area contributed by atoms with Crippen LogP contribution in [0.1, 0.15) is 12.2 Å². The number of rotatable bonds is 5. The van der Waals surface area contributed by atoms with E-state index in [1.165, 1.54) is 0 Å². The van der Waals surface area contributed by atoms with E-state index in [0.717, 1.165) is 4.47 Å². The number of anilines is 2. The highest BCUT2D eigenvalue weighted by atomic mass is 79.9. The van der Waals surface area contributed by atoms with Gasteiger partial charge >= 0.3 is 6.03 Å². The largest absolute Gasteiger partial charge is 0.360 e. The molecule has 0 fully saturated rings. The van der Waals surface area contributed by atoms with Crippen molar-refractivity contribution in [3.05, 3.63) is 40.8 Å². The number of nitrogens with zero attached hydrogens (tertiary/aromatic N) is 3. The minimum atomic E-state index is -0.437. The van der Waals surface area contributed by atoms with E-state index >= 15 is 0 Å². The lowest BCUT2D eigenvalue weighted by Gasteiger charge is -2.05. The molecule has 0 saturated heterocycles. The molecule has 0 unspecified atom stereocenters. The van der Waals surface area contributed by atoms with Crippen LogP contribution in [0.4, 0.5) is 16.4 Å². The number of pyridine rings is 1. The van der Waals surface area contributed by atoms with Crippen molar-refractivity contribution in [2.75, 3.05) is 17.2 Å². The van der Waals surface area contributed by atoms with Crippen LogP contribution >= 0.6 is 15.9 Å². The average molecular weight is 407 g/mol. The Labute approximate surface area is 150 Å². The fourth-order valence-electron chi connectivity index (χ4n) is 2.11. The Balaban J connectivity index is 1.45. The number of fused-ring (bicyclic) bond motifs is 1. The van der Waals surface area contributed by atoms with E-state index in [2.05, 4.69) is 42.0 Å². The molecule has 3 aromatic rings. The van der Waals surface area contributed by atoms with Crippen molar-refractivity contribution in [3.8, 4) is 0 Å². The molecule has 0 atom stereocenters. The molecule has 0 radical (unpaired) electrons. The van der Waals surface area contributed by atoms with Gasteiger partial charge in [-0.15, -0.1) is 0 Å². The van der Waals surface area contributed by atoms with Gasteiger partial charge in [0.1, 0.15) is 11.4 Å². The van der Waals surface area contributed by atoms with Gasteiger partial charge in [0.25, 0.3) is 0 Å². The normalized spacial score (nSPS) is 10.6. The van der Waals surface area contributed by atoms with Crippen molar-refractivity contribution in [2.45, 2.75) is 13.3 Å². The maximum absolute atomic E-state index is 11.9. The first kappa shape index (κ1) is 17.0. The number of aryl methyl sites for hydroxylation is 1. The number of nitrogens with one attached hydrogen (secondary N) is 3. The highest BCUT2D eigenvalue weighted by Gasteiger charge is 2.09. The molecule has 0 spiro atoms. The smallest absolute Gasteiger partial charge is 0.320 e. The van der Waals surface area contributed by atoms with E-state index in [-0.39, 0.29) is 18.9 Å². The first-order valence-electron chi connectivity index (χ1n) is 7.42. The summed E-state index contributed by atoms with van der Waals surface area (Å²) in [5.74, 6) is 1.10. The minimum Gasteiger partial charge on any atom is -0.360 e. The monoisotopic (exact) mass is 406 g/mol. The van der Waals surface area contributed by atoms with E-state index in [0.29, 0.717) is 23.0 Å². The maximum Gasteiger partial charge on any atom is 0.320 e. The molecule has 9 nitrogen and oxygen atoms in total. The number of amides is 3. The zero-order valence-corrected chi connectivity index (χ0v) is 14.8. The molecule has 0 aliphatic carbocycles. The molecule has 0 aliphatic rings. The molecule has 0 aromatic carbocycles. The lowest BCUT2D eigenvalue weighted by Crippen LogP contribution is -2.31. The number of urea groups is 1. The Morgan fingerprint density at radius 3 is 2.84 bits per heavy atom. The summed E-state index contributed by atoms with van der Waals surface area (Å²) in [6.45, 7) is 1.90. The molecule has 3 N–H and O–H groups in total. The van der Waals surface area contributed by atoms with Gasteiger partial charge in [-0.05, 0) is 35.0 Å². The van der Waals surface area contributed by atoms with E-state index in [1.807, 2.05) is 18.3 Å². The number of hydrogen-bond acceptors (Lipinski definition) is 5. The maximum atomic E-state index is 11.9. The van der Waals surface area contributed by atoms with Gasteiger partial charge in [-0.25, -0.2) is 9.78 Å². The second-order valence-corrected chi connectivity index (χ2v) is 6.16. The molecule has 10 heteroatoms. The molecule has 3 rings (SSSR count). The zero-order chi connectivity index (χ0) is 17.8. The summed E-state index contributed by atoms with van der Waals surface area (Å²) in [5.41, 5.74) is 0.709. The van der Waals surface area contributed by atoms with Crippen LogP contribution in [0.2, 0.25) is 0 Å². The minimum absolute atomic E-state index is 0.109. The van der Waals surface area contributed by atoms with Crippen LogP contribution in [0.15, 0.2) is 39.6 Å². The van der Waals surface area contributed by atoms with E-state index in [1.54, 1.807) is 23.6 Å². The van der Waals surface area contributed by atoms with Gasteiger partial charge < -0.3 is 19.6 Å². The lowest BCUT2D eigenvalue weighted by atomic mass is 10.4. The standard InChI is InChI=1S/C15H15BrN6O3/c1-9-6-11(21-25-9)19-14(23)4-5-17-15(24)20-12-8-22-7-10(16)2-3-13(22)18-12/h2-3,6-8H,4-5H2,1H3,(H2,17,20,24)(H,19,21,23). The first-order valence-corrected chi connectivity index (χ1v) is 8.21. The summed E-state index contributed by atoms with van der Waals surface area (Å²) in [6, 6.07) is 4.86. The van der Waals surface area contributed by atoms with Crippen molar-refractivity contribution in [2.24, 2.45) is 0 Å². The molecular weight excluding hydrogens is 392 g/mol. The van der Waals surface area contributed by atoms with Gasteiger partial charge in [-0.3, -0.25) is 10.1 Å². The second kappa shape index (κ2) is 7.34. The number of aromatic nitrogens is 3. The van der Waals surface area contributed by atoms with Crippen molar-refractivity contribution in [3.63, 3.8) is 0 Å². The third-order valence-electron chi connectivity index (χ3n) is 3.19. The number of carbonyl (C=O) groups excluding carboxylic acids is 2. The summed E-state index contributed by atoms with van der Waals surface area (Å²) >= 11 is 3.37. The molecule has 0 aliphatic heterocycles. The summed E-state index contributed by atoms with van der Waals surface area (Å²) in [5, 5.41) is 11.5. The van der Waals surface area contributed by atoms with Crippen LogP contribution in [-0.2, 0) is 4.79 Å². The van der Waals surface area contributed by atoms with E-state index in [4.69, 9.17) is 4.52 Å². The van der Waals surface area contributed by atoms with Crippen molar-refractivity contribution in [1.29, 1.82) is 0 Å². The summed E-state index contributed by atoms with van der Waals surface area (Å²) in [4.78, 5) is 27.9. The molecule has 25 heavy (non-hydrogen) atoms. The molecule has 3 amide bonds.